The molecule has 0 N–H and O–H groups in total. The fourth-order valence-electron chi connectivity index (χ4n) is 2.10. The summed E-state index contributed by atoms with van der Waals surface area (Å²) in [4.78, 5) is 12.0. The lowest BCUT2D eigenvalue weighted by Crippen LogP contribution is -1.86. The molecule has 1 aromatic carbocycles. The predicted octanol–water partition coefficient (Wildman–Crippen LogP) is 6.19. The monoisotopic (exact) mass is 429 g/mol. The Labute approximate surface area is 193 Å². The van der Waals surface area contributed by atoms with Gasteiger partial charge < -0.3 is 0 Å². The first kappa shape index (κ1) is 26.6. The van der Waals surface area contributed by atoms with E-state index in [1.54, 1.807) is 0 Å². The maximum absolute atomic E-state index is 4.08. The summed E-state index contributed by atoms with van der Waals surface area (Å²) in [6.45, 7) is 15.9. The third-order valence-electron chi connectivity index (χ3n) is 4.12. The molecule has 4 aromatic rings. The second-order valence-electron chi connectivity index (χ2n) is 7.76. The number of hydrogen-bond acceptors (Lipinski definition) is 5. The van der Waals surface area contributed by atoms with Crippen LogP contribution < -0.4 is 0 Å². The zero-order valence-corrected chi connectivity index (χ0v) is 20.6. The van der Waals surface area contributed by atoms with Crippen molar-refractivity contribution in [3.8, 4) is 0 Å². The van der Waals surface area contributed by atoms with E-state index in [9.17, 15) is 0 Å². The molecule has 0 aliphatic carbocycles. The van der Waals surface area contributed by atoms with Crippen molar-refractivity contribution < 1.29 is 0 Å². The molecular weight excluding hydrogens is 394 g/mol. The van der Waals surface area contributed by atoms with Gasteiger partial charge in [-0.05, 0) is 84.7 Å². The molecule has 0 amide bonds. The second-order valence-corrected chi connectivity index (χ2v) is 7.76. The molecule has 0 atom stereocenters. The normalized spacial score (nSPS) is 9.25. The first-order valence-electron chi connectivity index (χ1n) is 10.6. The van der Waals surface area contributed by atoms with Gasteiger partial charge in [0.15, 0.2) is 0 Å². The van der Waals surface area contributed by atoms with Gasteiger partial charge in [0.2, 0.25) is 0 Å². The van der Waals surface area contributed by atoms with Crippen LogP contribution in [-0.2, 0) is 0 Å². The van der Waals surface area contributed by atoms with E-state index in [0.29, 0.717) is 0 Å². The van der Waals surface area contributed by atoms with Crippen LogP contribution in [0.5, 0.6) is 0 Å². The molecule has 3 heterocycles. The van der Waals surface area contributed by atoms with Gasteiger partial charge in [-0.2, -0.15) is 10.2 Å². The minimum Gasteiger partial charge on any atom is -0.261 e. The highest BCUT2D eigenvalue weighted by molar-refractivity contribution is 5.19. The average Bonchev–Trinajstić information content (AvgIpc) is 2.78. The van der Waals surface area contributed by atoms with E-state index in [0.717, 1.165) is 28.5 Å². The third-order valence-corrected chi connectivity index (χ3v) is 4.12. The molecule has 0 saturated heterocycles. The lowest BCUT2D eigenvalue weighted by atomic mass is 10.2. The zero-order chi connectivity index (χ0) is 23.9. The molecule has 0 aliphatic heterocycles. The van der Waals surface area contributed by atoms with Crippen molar-refractivity contribution in [2.24, 2.45) is 0 Å². The van der Waals surface area contributed by atoms with Crippen LogP contribution in [0.3, 0.4) is 0 Å². The zero-order valence-electron chi connectivity index (χ0n) is 20.6. The van der Waals surface area contributed by atoms with Crippen LogP contribution >= 0.6 is 0 Å². The lowest BCUT2D eigenvalue weighted by Gasteiger charge is -1.90. The molecule has 0 saturated carbocycles. The number of benzene rings is 1. The van der Waals surface area contributed by atoms with Crippen LogP contribution in [0.4, 0.5) is 0 Å². The summed E-state index contributed by atoms with van der Waals surface area (Å²) in [7, 11) is 0. The van der Waals surface area contributed by atoms with Crippen molar-refractivity contribution in [2.45, 2.75) is 55.4 Å². The van der Waals surface area contributed by atoms with Crippen molar-refractivity contribution >= 4 is 0 Å². The van der Waals surface area contributed by atoms with Crippen molar-refractivity contribution in [2.75, 3.05) is 0 Å². The number of hydrogen-bond donors (Lipinski definition) is 0. The first-order chi connectivity index (χ1) is 15.2. The molecule has 0 unspecified atom stereocenters. The second kappa shape index (κ2) is 14.5. The van der Waals surface area contributed by atoms with Gasteiger partial charge in [-0.1, -0.05) is 41.5 Å². The molecule has 3 aromatic heterocycles. The molecule has 0 aliphatic rings. The van der Waals surface area contributed by atoms with Crippen molar-refractivity contribution in [3.63, 3.8) is 0 Å². The van der Waals surface area contributed by atoms with E-state index in [1.807, 2.05) is 78.3 Å². The van der Waals surface area contributed by atoms with Crippen LogP contribution in [0, 0.1) is 55.4 Å². The van der Waals surface area contributed by atoms with Gasteiger partial charge in [0.1, 0.15) is 5.82 Å². The summed E-state index contributed by atoms with van der Waals surface area (Å²) in [5.41, 5.74) is 8.00. The van der Waals surface area contributed by atoms with Gasteiger partial charge in [-0.25, -0.2) is 9.97 Å². The lowest BCUT2D eigenvalue weighted by molar-refractivity contribution is 0.941. The van der Waals surface area contributed by atoms with E-state index >= 15 is 0 Å². The molecule has 5 nitrogen and oxygen atoms in total. The molecule has 5 heteroatoms. The minimum atomic E-state index is 0.829. The standard InChI is InChI=1S/C8H10.C7H9N.2C6H8N2/c1-7-3-5-8(2)6-4-7;1-6-3-4-7(2)8-5-6;1-5-3-7-6(2)8-4-5;1-5-3-4-6(2)8-7-5/h3-6H,1-2H3;3-5H,1-2H3;2*3-4H,1-2H3. The molecule has 0 fully saturated rings. The molecule has 32 heavy (non-hydrogen) atoms. The average molecular weight is 430 g/mol. The van der Waals surface area contributed by atoms with Gasteiger partial charge in [0.05, 0.1) is 11.4 Å². The summed E-state index contributed by atoms with van der Waals surface area (Å²) in [5.74, 6) is 0.829. The van der Waals surface area contributed by atoms with Crippen molar-refractivity contribution in [3.05, 3.63) is 112 Å². The first-order valence-corrected chi connectivity index (χ1v) is 10.6. The number of nitrogens with zero attached hydrogens (tertiary/aromatic N) is 5. The maximum Gasteiger partial charge on any atom is 0.125 e. The van der Waals surface area contributed by atoms with Gasteiger partial charge >= 0.3 is 0 Å². The fraction of sp³-hybridized carbons (Fsp3) is 0.296. The molecule has 4 rings (SSSR count). The van der Waals surface area contributed by atoms with Crippen LogP contribution in [0.15, 0.2) is 67.1 Å². The van der Waals surface area contributed by atoms with E-state index in [2.05, 4.69) is 69.3 Å². The Morgan fingerprint density at radius 3 is 1.06 bits per heavy atom. The molecule has 0 radical (unpaired) electrons. The maximum atomic E-state index is 4.08. The highest BCUT2D eigenvalue weighted by atomic mass is 15.1. The summed E-state index contributed by atoms with van der Waals surface area (Å²) >= 11 is 0. The van der Waals surface area contributed by atoms with Crippen LogP contribution in [0.1, 0.15) is 45.2 Å². The number of pyridine rings is 1. The highest BCUT2D eigenvalue weighted by Crippen LogP contribution is 1.99. The smallest absolute Gasteiger partial charge is 0.125 e. The number of rotatable bonds is 0. The number of aromatic nitrogens is 5. The topological polar surface area (TPSA) is 64.5 Å². The largest absolute Gasteiger partial charge is 0.261 e. The van der Waals surface area contributed by atoms with Crippen molar-refractivity contribution in [1.82, 2.24) is 25.1 Å². The third kappa shape index (κ3) is 13.0. The quantitative estimate of drug-likeness (QED) is 0.333. The Morgan fingerprint density at radius 2 is 0.750 bits per heavy atom. The van der Waals surface area contributed by atoms with E-state index in [-0.39, 0.29) is 0 Å². The van der Waals surface area contributed by atoms with Gasteiger partial charge in [0, 0.05) is 24.3 Å². The SMILES string of the molecule is Cc1ccc(C)cc1.Cc1ccc(C)nc1.Cc1ccc(C)nn1.Cc1cnc(C)nc1. The molecule has 0 spiro atoms. The van der Waals surface area contributed by atoms with Crippen LogP contribution in [0.25, 0.3) is 0 Å². The Hall–Kier alpha value is -3.47. The predicted molar refractivity (Wildman–Crippen MR) is 133 cm³/mol. The van der Waals surface area contributed by atoms with Gasteiger partial charge in [0.25, 0.3) is 0 Å². The van der Waals surface area contributed by atoms with E-state index < -0.39 is 0 Å². The van der Waals surface area contributed by atoms with E-state index in [4.69, 9.17) is 0 Å². The summed E-state index contributed by atoms with van der Waals surface area (Å²) < 4.78 is 0. The summed E-state index contributed by atoms with van der Waals surface area (Å²) in [6.07, 6.45) is 5.49. The minimum absolute atomic E-state index is 0.829. The van der Waals surface area contributed by atoms with Gasteiger partial charge in [-0.15, -0.1) is 0 Å². The number of aryl methyl sites for hydroxylation is 8. The Morgan fingerprint density at radius 1 is 0.375 bits per heavy atom. The molecule has 0 bridgehead atoms. The fourth-order valence-corrected chi connectivity index (χ4v) is 2.10. The van der Waals surface area contributed by atoms with Crippen LogP contribution in [-0.4, -0.2) is 25.1 Å². The molecular formula is C27H35N5. The highest BCUT2D eigenvalue weighted by Gasteiger charge is 1.84. The van der Waals surface area contributed by atoms with Gasteiger partial charge in [-0.3, -0.25) is 4.98 Å². The van der Waals surface area contributed by atoms with E-state index in [1.165, 1.54) is 16.7 Å². The summed E-state index contributed by atoms with van der Waals surface area (Å²) in [6, 6.07) is 16.4. The molecule has 168 valence electrons. The van der Waals surface area contributed by atoms with Crippen molar-refractivity contribution in [1.29, 1.82) is 0 Å². The summed E-state index contributed by atoms with van der Waals surface area (Å²) in [5, 5.41) is 7.66. The Bertz CT molecular complexity index is 750. The van der Waals surface area contributed by atoms with Crippen LogP contribution in [0.2, 0.25) is 0 Å². The Balaban J connectivity index is 0.000000213. The Kier molecular flexibility index (Phi) is 12.1.